The van der Waals surface area contributed by atoms with Crippen molar-refractivity contribution in [3.63, 3.8) is 0 Å². The number of ether oxygens (including phenoxy) is 2. The number of esters is 2. The Hall–Kier alpha value is -3.30. The number of carbonyl (C=O) groups is 4. The molecule has 0 aliphatic carbocycles. The van der Waals surface area contributed by atoms with E-state index in [1.54, 1.807) is 0 Å². The zero-order chi connectivity index (χ0) is 17.4. The molecule has 0 aromatic heterocycles. The Labute approximate surface area is 134 Å². The maximum absolute atomic E-state index is 12.3. The Kier molecular flexibility index (Phi) is 3.72. The summed E-state index contributed by atoms with van der Waals surface area (Å²) < 4.78 is 9.50. The number of fused-ring (bicyclic) bond motifs is 1. The van der Waals surface area contributed by atoms with Gasteiger partial charge in [-0.15, -0.1) is 0 Å². The van der Waals surface area contributed by atoms with E-state index >= 15 is 0 Å². The molecule has 0 bridgehead atoms. The second-order valence-electron chi connectivity index (χ2n) is 5.09. The van der Waals surface area contributed by atoms with E-state index in [0.29, 0.717) is 4.90 Å². The summed E-state index contributed by atoms with van der Waals surface area (Å²) in [6, 6.07) is 3.64. The predicted molar refractivity (Wildman–Crippen MR) is 73.9 cm³/mol. The van der Waals surface area contributed by atoms with Crippen molar-refractivity contribution >= 4 is 29.4 Å². The molecule has 0 radical (unpaired) electrons. The van der Waals surface area contributed by atoms with Crippen molar-refractivity contribution in [2.24, 2.45) is 0 Å². The van der Waals surface area contributed by atoms with Crippen LogP contribution in [0.15, 0.2) is 18.2 Å². The molecule has 2 aliphatic rings. The van der Waals surface area contributed by atoms with Gasteiger partial charge in [-0.3, -0.25) is 29.4 Å². The summed E-state index contributed by atoms with van der Waals surface area (Å²) in [7, 11) is 0. The topological polar surface area (TPSA) is 133 Å². The number of nitro groups is 1. The molecule has 1 saturated heterocycles. The molecule has 10 heteroatoms. The highest BCUT2D eigenvalue weighted by molar-refractivity contribution is 6.24. The van der Waals surface area contributed by atoms with Crippen molar-refractivity contribution in [1.82, 2.24) is 4.90 Å². The van der Waals surface area contributed by atoms with E-state index < -0.39 is 47.0 Å². The van der Waals surface area contributed by atoms with Crippen LogP contribution in [0.4, 0.5) is 5.69 Å². The van der Waals surface area contributed by atoms with Gasteiger partial charge in [0.15, 0.2) is 0 Å². The van der Waals surface area contributed by atoms with Crippen LogP contribution in [0, 0.1) is 10.1 Å². The molecule has 124 valence electrons. The third-order valence-electron chi connectivity index (χ3n) is 3.62. The molecular weight excluding hydrogens is 324 g/mol. The van der Waals surface area contributed by atoms with E-state index in [0.717, 1.165) is 6.07 Å². The molecule has 2 aliphatic heterocycles. The fourth-order valence-electron chi connectivity index (χ4n) is 2.52. The zero-order valence-corrected chi connectivity index (χ0v) is 12.1. The Morgan fingerprint density at radius 1 is 1.33 bits per heavy atom. The molecule has 0 saturated carbocycles. The van der Waals surface area contributed by atoms with Crippen molar-refractivity contribution in [3.8, 4) is 0 Å². The molecule has 2 amide bonds. The van der Waals surface area contributed by atoms with Crippen LogP contribution in [0.3, 0.4) is 0 Å². The van der Waals surface area contributed by atoms with Crippen molar-refractivity contribution in [2.45, 2.75) is 12.5 Å². The lowest BCUT2D eigenvalue weighted by Crippen LogP contribution is -2.37. The minimum atomic E-state index is -1.07. The molecule has 0 N–H and O–H groups in total. The third-order valence-corrected chi connectivity index (χ3v) is 3.62. The monoisotopic (exact) mass is 334 g/mol. The molecule has 2 heterocycles. The average Bonchev–Trinajstić information content (AvgIpc) is 3.04. The lowest BCUT2D eigenvalue weighted by Gasteiger charge is -2.14. The summed E-state index contributed by atoms with van der Waals surface area (Å²) in [5.41, 5.74) is -1.02. The highest BCUT2D eigenvalue weighted by Gasteiger charge is 2.42. The van der Waals surface area contributed by atoms with Gasteiger partial charge in [-0.2, -0.15) is 0 Å². The number of hydrogen-bond donors (Lipinski definition) is 0. The maximum Gasteiger partial charge on any atom is 0.347 e. The smallest absolute Gasteiger partial charge is 0.347 e. The van der Waals surface area contributed by atoms with Crippen LogP contribution in [0.1, 0.15) is 27.1 Å². The van der Waals surface area contributed by atoms with Crippen molar-refractivity contribution in [2.75, 3.05) is 13.2 Å². The molecule has 1 atom stereocenters. The minimum absolute atomic E-state index is 0.121. The molecule has 1 aromatic carbocycles. The number of benzene rings is 1. The first kappa shape index (κ1) is 15.6. The van der Waals surface area contributed by atoms with E-state index in [9.17, 15) is 29.3 Å². The van der Waals surface area contributed by atoms with Gasteiger partial charge in [0.05, 0.1) is 17.1 Å². The molecule has 24 heavy (non-hydrogen) atoms. The van der Waals surface area contributed by atoms with E-state index in [4.69, 9.17) is 4.74 Å². The van der Waals surface area contributed by atoms with Gasteiger partial charge in [0.1, 0.15) is 12.1 Å². The number of hydrogen-bond acceptors (Lipinski definition) is 8. The molecule has 10 nitrogen and oxygen atoms in total. The fourth-order valence-corrected chi connectivity index (χ4v) is 2.52. The van der Waals surface area contributed by atoms with Crippen LogP contribution in [0.25, 0.3) is 0 Å². The van der Waals surface area contributed by atoms with Gasteiger partial charge >= 0.3 is 11.9 Å². The largest absolute Gasteiger partial charge is 0.463 e. The van der Waals surface area contributed by atoms with Gasteiger partial charge in [-0.05, 0) is 6.07 Å². The Balaban J connectivity index is 1.78. The van der Waals surface area contributed by atoms with Gasteiger partial charge in [0.25, 0.3) is 17.5 Å². The Bertz CT molecular complexity index is 787. The summed E-state index contributed by atoms with van der Waals surface area (Å²) in [5, 5.41) is 11.0. The fraction of sp³-hybridized carbons (Fsp3) is 0.286. The third kappa shape index (κ3) is 2.47. The van der Waals surface area contributed by atoms with Crippen molar-refractivity contribution in [1.29, 1.82) is 0 Å². The van der Waals surface area contributed by atoms with Gasteiger partial charge in [-0.25, -0.2) is 4.79 Å². The van der Waals surface area contributed by atoms with Gasteiger partial charge < -0.3 is 9.47 Å². The van der Waals surface area contributed by atoms with Gasteiger partial charge in [0.2, 0.25) is 6.10 Å². The zero-order valence-electron chi connectivity index (χ0n) is 12.1. The first-order valence-corrected chi connectivity index (χ1v) is 6.90. The van der Waals surface area contributed by atoms with Crippen LogP contribution in [-0.4, -0.2) is 52.8 Å². The number of carbonyl (C=O) groups excluding carboxylic acids is 4. The quantitative estimate of drug-likeness (QED) is 0.326. The van der Waals surface area contributed by atoms with E-state index in [1.807, 2.05) is 0 Å². The average molecular weight is 334 g/mol. The highest BCUT2D eigenvalue weighted by atomic mass is 16.6. The number of rotatable bonds is 4. The van der Waals surface area contributed by atoms with Crippen LogP contribution < -0.4 is 0 Å². The summed E-state index contributed by atoms with van der Waals surface area (Å²) in [4.78, 5) is 58.3. The minimum Gasteiger partial charge on any atom is -0.463 e. The van der Waals surface area contributed by atoms with E-state index in [1.165, 1.54) is 12.1 Å². The van der Waals surface area contributed by atoms with Crippen LogP contribution in [0.2, 0.25) is 0 Å². The van der Waals surface area contributed by atoms with Crippen LogP contribution >= 0.6 is 0 Å². The van der Waals surface area contributed by atoms with Crippen LogP contribution in [-0.2, 0) is 19.1 Å². The number of nitro benzene ring substituents is 1. The maximum atomic E-state index is 12.3. The van der Waals surface area contributed by atoms with Crippen molar-refractivity contribution in [3.05, 3.63) is 39.4 Å². The second kappa shape index (κ2) is 5.72. The summed E-state index contributed by atoms with van der Waals surface area (Å²) in [6.45, 7) is -0.622. The first-order valence-electron chi connectivity index (χ1n) is 6.90. The normalized spacial score (nSPS) is 19.2. The summed E-state index contributed by atoms with van der Waals surface area (Å²) in [5.74, 6) is -3.45. The van der Waals surface area contributed by atoms with E-state index in [-0.39, 0.29) is 24.2 Å². The first-order chi connectivity index (χ1) is 11.4. The lowest BCUT2D eigenvalue weighted by molar-refractivity contribution is -0.385. The molecule has 1 fully saturated rings. The Morgan fingerprint density at radius 2 is 2.08 bits per heavy atom. The number of amides is 2. The number of imide groups is 1. The molecule has 0 spiro atoms. The Morgan fingerprint density at radius 3 is 2.71 bits per heavy atom. The summed E-state index contributed by atoms with van der Waals surface area (Å²) in [6.07, 6.45) is -0.875. The second-order valence-corrected chi connectivity index (χ2v) is 5.09. The SMILES string of the molecule is O=C(CN1C(=O)c2cccc([N+](=O)[O-])c2C1=O)O[C@@H]1CCOC1=O. The number of cyclic esters (lactones) is 1. The molecule has 0 unspecified atom stereocenters. The van der Waals surface area contributed by atoms with Gasteiger partial charge in [-0.1, -0.05) is 6.07 Å². The van der Waals surface area contributed by atoms with Crippen molar-refractivity contribution < 1.29 is 33.6 Å². The van der Waals surface area contributed by atoms with Crippen LogP contribution in [0.5, 0.6) is 0 Å². The molecule has 3 rings (SSSR count). The lowest BCUT2D eigenvalue weighted by atomic mass is 10.1. The number of nitrogens with zero attached hydrogens (tertiary/aromatic N) is 2. The molecule has 1 aromatic rings. The standard InChI is InChI=1S/C14H10N2O8/c17-10(24-9-4-5-23-14(9)20)6-15-12(18)7-2-1-3-8(16(21)22)11(7)13(15)19/h1-3,9H,4-6H2/t9-/m1/s1. The molecular formula is C14H10N2O8. The highest BCUT2D eigenvalue weighted by Crippen LogP contribution is 2.30. The van der Waals surface area contributed by atoms with E-state index in [2.05, 4.69) is 4.74 Å². The summed E-state index contributed by atoms with van der Waals surface area (Å²) >= 11 is 0. The predicted octanol–water partition coefficient (Wildman–Crippen LogP) is 0.0495. The van der Waals surface area contributed by atoms with Gasteiger partial charge in [0, 0.05) is 12.5 Å².